The Labute approximate surface area is 143 Å². The van der Waals surface area contributed by atoms with E-state index in [9.17, 15) is 8.42 Å². The molecule has 0 saturated carbocycles. The van der Waals surface area contributed by atoms with E-state index in [1.807, 2.05) is 25.1 Å². The third kappa shape index (κ3) is 3.37. The molecule has 2 aromatic rings. The fourth-order valence-electron chi connectivity index (χ4n) is 3.26. The van der Waals surface area contributed by atoms with Crippen molar-refractivity contribution in [3.8, 4) is 0 Å². The number of thiophene rings is 1. The maximum Gasteiger partial charge on any atom is 0.243 e. The van der Waals surface area contributed by atoms with Crippen LogP contribution in [0.5, 0.6) is 0 Å². The smallest absolute Gasteiger partial charge is 0.207 e. The first-order valence-electron chi connectivity index (χ1n) is 8.14. The minimum atomic E-state index is -3.46. The fourth-order valence-corrected chi connectivity index (χ4v) is 6.25. The van der Waals surface area contributed by atoms with Crippen LogP contribution in [0.2, 0.25) is 0 Å². The Morgan fingerprint density at radius 3 is 2.52 bits per heavy atom. The number of hydrogen-bond donors (Lipinski definition) is 0. The topological polar surface area (TPSA) is 37.4 Å². The van der Waals surface area contributed by atoms with Crippen LogP contribution in [-0.2, 0) is 10.0 Å². The summed E-state index contributed by atoms with van der Waals surface area (Å²) in [4.78, 5) is 2.85. The first kappa shape index (κ1) is 16.7. The van der Waals surface area contributed by atoms with Crippen LogP contribution in [0.25, 0.3) is 0 Å². The standard InChI is InChI=1S/C18H23NO2S2/c1-14-8-5-6-10-18(14)23(20,21)19-13-7-3-4-9-16(19)17-12-11-15(2)22-17/h5-6,8,10-12,16H,3-4,7,9,13H2,1-2H3/t16-/m1/s1. The monoisotopic (exact) mass is 349 g/mol. The molecule has 5 heteroatoms. The van der Waals surface area contributed by atoms with Crippen molar-refractivity contribution in [2.24, 2.45) is 0 Å². The van der Waals surface area contributed by atoms with Crippen LogP contribution in [0.4, 0.5) is 0 Å². The Bertz CT molecular complexity index is 780. The molecule has 1 aromatic carbocycles. The van der Waals surface area contributed by atoms with Crippen LogP contribution in [0, 0.1) is 13.8 Å². The predicted octanol–water partition coefficient (Wildman–Crippen LogP) is 4.67. The average Bonchev–Trinajstić information content (AvgIpc) is 2.80. The Morgan fingerprint density at radius 2 is 1.83 bits per heavy atom. The van der Waals surface area contributed by atoms with Crippen molar-refractivity contribution in [3.05, 3.63) is 51.7 Å². The minimum absolute atomic E-state index is 0.0270. The van der Waals surface area contributed by atoms with Crippen molar-refractivity contribution in [2.45, 2.75) is 50.5 Å². The normalized spacial score (nSPS) is 20.3. The van der Waals surface area contributed by atoms with Crippen LogP contribution in [0.1, 0.15) is 47.0 Å². The SMILES string of the molecule is Cc1ccc([C@H]2CCCCCN2S(=O)(=O)c2ccccc2C)s1. The lowest BCUT2D eigenvalue weighted by atomic mass is 10.1. The van der Waals surface area contributed by atoms with Crippen LogP contribution in [0.3, 0.4) is 0 Å². The quantitative estimate of drug-likeness (QED) is 0.807. The molecule has 0 aliphatic carbocycles. The van der Waals surface area contributed by atoms with Crippen molar-refractivity contribution in [1.29, 1.82) is 0 Å². The minimum Gasteiger partial charge on any atom is -0.207 e. The van der Waals surface area contributed by atoms with Gasteiger partial charge in [-0.2, -0.15) is 4.31 Å². The lowest BCUT2D eigenvalue weighted by molar-refractivity contribution is 0.333. The van der Waals surface area contributed by atoms with Gasteiger partial charge in [-0.05, 0) is 50.5 Å². The van der Waals surface area contributed by atoms with Gasteiger partial charge < -0.3 is 0 Å². The number of sulfonamides is 1. The largest absolute Gasteiger partial charge is 0.243 e. The van der Waals surface area contributed by atoms with E-state index in [1.54, 1.807) is 21.7 Å². The van der Waals surface area contributed by atoms with E-state index in [0.717, 1.165) is 31.2 Å². The number of benzene rings is 1. The highest BCUT2D eigenvalue weighted by atomic mass is 32.2. The number of aryl methyl sites for hydroxylation is 2. The predicted molar refractivity (Wildman–Crippen MR) is 95.3 cm³/mol. The highest BCUT2D eigenvalue weighted by molar-refractivity contribution is 7.89. The average molecular weight is 350 g/mol. The molecule has 3 nitrogen and oxygen atoms in total. The highest BCUT2D eigenvalue weighted by Crippen LogP contribution is 2.38. The molecule has 0 amide bonds. The van der Waals surface area contributed by atoms with Crippen LogP contribution >= 0.6 is 11.3 Å². The van der Waals surface area contributed by atoms with Gasteiger partial charge in [0.1, 0.15) is 0 Å². The third-order valence-corrected chi connectivity index (χ3v) is 7.64. The van der Waals surface area contributed by atoms with Crippen LogP contribution in [0.15, 0.2) is 41.3 Å². The summed E-state index contributed by atoms with van der Waals surface area (Å²) in [6.45, 7) is 4.55. The van der Waals surface area contributed by atoms with E-state index in [-0.39, 0.29) is 6.04 Å². The number of nitrogens with zero attached hydrogens (tertiary/aromatic N) is 1. The summed E-state index contributed by atoms with van der Waals surface area (Å²) < 4.78 is 28.3. The molecule has 124 valence electrons. The van der Waals surface area contributed by atoms with Crippen LogP contribution in [-0.4, -0.2) is 19.3 Å². The van der Waals surface area contributed by atoms with Gasteiger partial charge in [0.2, 0.25) is 10.0 Å². The lowest BCUT2D eigenvalue weighted by Gasteiger charge is -2.29. The molecule has 1 aromatic heterocycles. The maximum absolute atomic E-state index is 13.3. The van der Waals surface area contributed by atoms with Crippen LogP contribution < -0.4 is 0 Å². The Morgan fingerprint density at radius 1 is 1.04 bits per heavy atom. The molecule has 0 radical (unpaired) electrons. The lowest BCUT2D eigenvalue weighted by Crippen LogP contribution is -2.34. The van der Waals surface area contributed by atoms with E-state index in [4.69, 9.17) is 0 Å². The summed E-state index contributed by atoms with van der Waals surface area (Å²) in [5.41, 5.74) is 0.817. The molecule has 1 atom stereocenters. The fraction of sp³-hybridized carbons (Fsp3) is 0.444. The van der Waals surface area contributed by atoms with E-state index < -0.39 is 10.0 Å². The van der Waals surface area contributed by atoms with Gasteiger partial charge in [-0.1, -0.05) is 31.0 Å². The molecular formula is C18H23NO2S2. The van der Waals surface area contributed by atoms with Crippen molar-refractivity contribution >= 4 is 21.4 Å². The van der Waals surface area contributed by atoms with Crippen molar-refractivity contribution in [3.63, 3.8) is 0 Å². The molecule has 1 fully saturated rings. The first-order valence-corrected chi connectivity index (χ1v) is 10.4. The Hall–Kier alpha value is -1.17. The molecule has 2 heterocycles. The van der Waals surface area contributed by atoms with Crippen molar-refractivity contribution < 1.29 is 8.42 Å². The zero-order valence-corrected chi connectivity index (χ0v) is 15.3. The summed E-state index contributed by atoms with van der Waals surface area (Å²) in [6, 6.07) is 11.4. The molecule has 1 aliphatic rings. The molecule has 3 rings (SSSR count). The zero-order valence-electron chi connectivity index (χ0n) is 13.7. The summed E-state index contributed by atoms with van der Waals surface area (Å²) in [6.07, 6.45) is 4.03. The molecule has 1 saturated heterocycles. The van der Waals surface area contributed by atoms with Crippen molar-refractivity contribution in [1.82, 2.24) is 4.31 Å². The summed E-state index contributed by atoms with van der Waals surface area (Å²) in [7, 11) is -3.46. The van der Waals surface area contributed by atoms with Gasteiger partial charge in [0.25, 0.3) is 0 Å². The highest BCUT2D eigenvalue weighted by Gasteiger charge is 2.34. The van der Waals surface area contributed by atoms with E-state index in [0.29, 0.717) is 11.4 Å². The maximum atomic E-state index is 13.3. The molecule has 1 aliphatic heterocycles. The van der Waals surface area contributed by atoms with Gasteiger partial charge in [0.15, 0.2) is 0 Å². The molecule has 0 N–H and O–H groups in total. The van der Waals surface area contributed by atoms with Gasteiger partial charge in [0.05, 0.1) is 10.9 Å². The van der Waals surface area contributed by atoms with Crippen molar-refractivity contribution in [2.75, 3.05) is 6.54 Å². The summed E-state index contributed by atoms with van der Waals surface area (Å²) in [5, 5.41) is 0. The first-order chi connectivity index (χ1) is 11.0. The summed E-state index contributed by atoms with van der Waals surface area (Å²) in [5.74, 6) is 0. The van der Waals surface area contributed by atoms with E-state index in [1.165, 1.54) is 9.75 Å². The van der Waals surface area contributed by atoms with Gasteiger partial charge in [-0.15, -0.1) is 11.3 Å². The van der Waals surface area contributed by atoms with Gasteiger partial charge in [0, 0.05) is 16.3 Å². The molecular weight excluding hydrogens is 326 g/mol. The second kappa shape index (κ2) is 6.75. The second-order valence-electron chi connectivity index (χ2n) is 6.19. The van der Waals surface area contributed by atoms with Gasteiger partial charge in [-0.3, -0.25) is 0 Å². The van der Waals surface area contributed by atoms with Gasteiger partial charge in [-0.25, -0.2) is 8.42 Å². The molecule has 0 unspecified atom stereocenters. The van der Waals surface area contributed by atoms with E-state index >= 15 is 0 Å². The summed E-state index contributed by atoms with van der Waals surface area (Å²) >= 11 is 1.72. The Kier molecular flexibility index (Phi) is 4.90. The Balaban J connectivity index is 2.04. The number of rotatable bonds is 3. The molecule has 0 spiro atoms. The van der Waals surface area contributed by atoms with Gasteiger partial charge >= 0.3 is 0 Å². The van der Waals surface area contributed by atoms with E-state index in [2.05, 4.69) is 19.1 Å². The molecule has 23 heavy (non-hydrogen) atoms. The second-order valence-corrected chi connectivity index (χ2v) is 9.37. The zero-order chi connectivity index (χ0) is 16.4. The number of hydrogen-bond acceptors (Lipinski definition) is 3. The molecule has 0 bridgehead atoms. The third-order valence-electron chi connectivity index (χ3n) is 4.47.